The highest BCUT2D eigenvalue weighted by Crippen LogP contribution is 2.26. The topological polar surface area (TPSA) is 67.1 Å². The first-order valence-corrected chi connectivity index (χ1v) is 10.2. The molecule has 0 aromatic carbocycles. The van der Waals surface area contributed by atoms with Gasteiger partial charge in [-0.2, -0.15) is 0 Å². The molecular formula is C21H32N6. The van der Waals surface area contributed by atoms with Crippen LogP contribution in [0, 0.1) is 12.8 Å². The lowest BCUT2D eigenvalue weighted by molar-refractivity contribution is 0.332. The summed E-state index contributed by atoms with van der Waals surface area (Å²) in [5, 5.41) is 6.80. The quantitative estimate of drug-likeness (QED) is 0.445. The number of aromatic nitrogens is 3. The predicted octanol–water partition coefficient (Wildman–Crippen LogP) is 3.60. The van der Waals surface area contributed by atoms with Crippen molar-refractivity contribution in [1.29, 1.82) is 0 Å². The number of pyridine rings is 1. The number of rotatable bonds is 7. The van der Waals surface area contributed by atoms with Crippen LogP contribution < -0.4 is 10.6 Å². The lowest BCUT2D eigenvalue weighted by Gasteiger charge is -2.21. The van der Waals surface area contributed by atoms with Crippen molar-refractivity contribution in [3.8, 4) is 5.82 Å². The van der Waals surface area contributed by atoms with E-state index in [4.69, 9.17) is 0 Å². The highest BCUT2D eigenvalue weighted by Gasteiger charge is 2.12. The van der Waals surface area contributed by atoms with Gasteiger partial charge in [-0.15, -0.1) is 0 Å². The van der Waals surface area contributed by atoms with Gasteiger partial charge in [0.15, 0.2) is 5.96 Å². The molecular weight excluding hydrogens is 336 g/mol. The van der Waals surface area contributed by atoms with Gasteiger partial charge in [-0.05, 0) is 37.3 Å². The summed E-state index contributed by atoms with van der Waals surface area (Å²) >= 11 is 0. The van der Waals surface area contributed by atoms with E-state index in [0.29, 0.717) is 6.54 Å². The SMILES string of the molecule is CN=C(NCCCC1CCCCC1)NCc1ccc(-n2ccnc2C)nc1. The van der Waals surface area contributed by atoms with Crippen LogP contribution in [0.15, 0.2) is 35.7 Å². The predicted molar refractivity (Wildman–Crippen MR) is 110 cm³/mol. The fourth-order valence-electron chi connectivity index (χ4n) is 3.76. The number of aliphatic imine (C=N–C) groups is 1. The second-order valence-corrected chi connectivity index (χ2v) is 7.37. The van der Waals surface area contributed by atoms with Gasteiger partial charge in [-0.25, -0.2) is 9.97 Å². The van der Waals surface area contributed by atoms with Gasteiger partial charge in [0, 0.05) is 38.7 Å². The van der Waals surface area contributed by atoms with Gasteiger partial charge in [-0.3, -0.25) is 9.56 Å². The molecule has 0 spiro atoms. The minimum Gasteiger partial charge on any atom is -0.356 e. The average molecular weight is 369 g/mol. The number of nitrogens with one attached hydrogen (secondary N) is 2. The Balaban J connectivity index is 1.39. The van der Waals surface area contributed by atoms with Crippen LogP contribution in [0.5, 0.6) is 0 Å². The minimum atomic E-state index is 0.707. The van der Waals surface area contributed by atoms with E-state index in [2.05, 4.69) is 31.7 Å². The molecule has 2 aromatic rings. The molecule has 27 heavy (non-hydrogen) atoms. The Kier molecular flexibility index (Phi) is 7.25. The van der Waals surface area contributed by atoms with Gasteiger partial charge in [0.2, 0.25) is 0 Å². The largest absolute Gasteiger partial charge is 0.356 e. The maximum Gasteiger partial charge on any atom is 0.191 e. The summed E-state index contributed by atoms with van der Waals surface area (Å²) in [7, 11) is 1.82. The van der Waals surface area contributed by atoms with Gasteiger partial charge >= 0.3 is 0 Å². The van der Waals surface area contributed by atoms with Crippen LogP contribution in [0.25, 0.3) is 5.82 Å². The van der Waals surface area contributed by atoms with E-state index in [9.17, 15) is 0 Å². The molecule has 0 saturated heterocycles. The van der Waals surface area contributed by atoms with Crippen LogP contribution >= 0.6 is 0 Å². The van der Waals surface area contributed by atoms with Gasteiger partial charge < -0.3 is 10.6 Å². The van der Waals surface area contributed by atoms with Crippen molar-refractivity contribution in [3.05, 3.63) is 42.1 Å². The first kappa shape index (κ1) is 19.4. The lowest BCUT2D eigenvalue weighted by Crippen LogP contribution is -2.37. The van der Waals surface area contributed by atoms with E-state index in [1.54, 1.807) is 6.20 Å². The van der Waals surface area contributed by atoms with Crippen molar-refractivity contribution in [3.63, 3.8) is 0 Å². The van der Waals surface area contributed by atoms with E-state index in [-0.39, 0.29) is 0 Å². The molecule has 0 amide bonds. The molecule has 2 aromatic heterocycles. The molecule has 0 bridgehead atoms. The summed E-state index contributed by atoms with van der Waals surface area (Å²) in [5.41, 5.74) is 1.13. The molecule has 6 nitrogen and oxygen atoms in total. The number of nitrogens with zero attached hydrogens (tertiary/aromatic N) is 4. The lowest BCUT2D eigenvalue weighted by atomic mass is 9.86. The number of aryl methyl sites for hydroxylation is 1. The Morgan fingerprint density at radius 2 is 2.04 bits per heavy atom. The fraction of sp³-hybridized carbons (Fsp3) is 0.571. The summed E-state index contributed by atoms with van der Waals surface area (Å²) in [5.74, 6) is 3.62. The van der Waals surface area contributed by atoms with Crippen LogP contribution in [0.3, 0.4) is 0 Å². The molecule has 0 atom stereocenters. The molecule has 3 rings (SSSR count). The molecule has 1 aliphatic rings. The third-order valence-corrected chi connectivity index (χ3v) is 5.37. The van der Waals surface area contributed by atoms with Crippen LogP contribution in [-0.4, -0.2) is 34.1 Å². The molecule has 0 aliphatic heterocycles. The Morgan fingerprint density at radius 1 is 1.19 bits per heavy atom. The molecule has 146 valence electrons. The zero-order valence-electron chi connectivity index (χ0n) is 16.6. The number of hydrogen-bond donors (Lipinski definition) is 2. The highest BCUT2D eigenvalue weighted by atomic mass is 15.2. The number of imidazole rings is 1. The van der Waals surface area contributed by atoms with Crippen molar-refractivity contribution < 1.29 is 0 Å². The highest BCUT2D eigenvalue weighted by molar-refractivity contribution is 5.79. The minimum absolute atomic E-state index is 0.707. The van der Waals surface area contributed by atoms with E-state index in [1.807, 2.05) is 37.0 Å². The second kappa shape index (κ2) is 10.1. The maximum absolute atomic E-state index is 4.54. The molecule has 2 N–H and O–H groups in total. The van der Waals surface area contributed by atoms with Gasteiger partial charge in [0.05, 0.1) is 0 Å². The molecule has 2 heterocycles. The van der Waals surface area contributed by atoms with Crippen molar-refractivity contribution in [2.75, 3.05) is 13.6 Å². The van der Waals surface area contributed by atoms with E-state index in [0.717, 1.165) is 35.6 Å². The normalized spacial score (nSPS) is 15.7. The average Bonchev–Trinajstić information content (AvgIpc) is 3.14. The van der Waals surface area contributed by atoms with Crippen molar-refractivity contribution in [2.24, 2.45) is 10.9 Å². The summed E-state index contributed by atoms with van der Waals surface area (Å²) in [6.07, 6.45) is 15.3. The van der Waals surface area contributed by atoms with Gasteiger partial charge in [0.25, 0.3) is 0 Å². The zero-order valence-corrected chi connectivity index (χ0v) is 16.6. The molecule has 0 unspecified atom stereocenters. The summed E-state index contributed by atoms with van der Waals surface area (Å²) in [6.45, 7) is 3.66. The van der Waals surface area contributed by atoms with Crippen LogP contribution in [0.4, 0.5) is 0 Å². The zero-order chi connectivity index (χ0) is 18.9. The number of guanidine groups is 1. The number of hydrogen-bond acceptors (Lipinski definition) is 3. The Hall–Kier alpha value is -2.37. The van der Waals surface area contributed by atoms with Crippen molar-refractivity contribution in [1.82, 2.24) is 25.2 Å². The molecule has 0 radical (unpaired) electrons. The Labute approximate surface area is 162 Å². The standard InChI is InChI=1S/C21H32N6/c1-17-23-13-14-27(17)20-11-10-19(15-25-20)16-26-21(22-2)24-12-6-9-18-7-4-3-5-8-18/h10-11,13-15,18H,3-9,12,16H2,1-2H3,(H2,22,24,26). The van der Waals surface area contributed by atoms with E-state index in [1.165, 1.54) is 44.9 Å². The van der Waals surface area contributed by atoms with E-state index < -0.39 is 0 Å². The smallest absolute Gasteiger partial charge is 0.191 e. The third kappa shape index (κ3) is 5.81. The first-order chi connectivity index (χ1) is 13.3. The van der Waals surface area contributed by atoms with Crippen molar-refractivity contribution >= 4 is 5.96 Å². The molecule has 1 saturated carbocycles. The van der Waals surface area contributed by atoms with Crippen LogP contribution in [0.1, 0.15) is 56.3 Å². The van der Waals surface area contributed by atoms with Gasteiger partial charge in [0.1, 0.15) is 11.6 Å². The Morgan fingerprint density at radius 3 is 2.70 bits per heavy atom. The second-order valence-electron chi connectivity index (χ2n) is 7.37. The third-order valence-electron chi connectivity index (χ3n) is 5.37. The summed E-state index contributed by atoms with van der Waals surface area (Å²) < 4.78 is 1.98. The van der Waals surface area contributed by atoms with Crippen LogP contribution in [0.2, 0.25) is 0 Å². The van der Waals surface area contributed by atoms with E-state index >= 15 is 0 Å². The molecule has 6 heteroatoms. The van der Waals surface area contributed by atoms with Crippen molar-refractivity contribution in [2.45, 2.75) is 58.4 Å². The van der Waals surface area contributed by atoms with Crippen LogP contribution in [-0.2, 0) is 6.54 Å². The maximum atomic E-state index is 4.54. The summed E-state index contributed by atoms with van der Waals surface area (Å²) in [6, 6.07) is 4.11. The Bertz CT molecular complexity index is 713. The fourth-order valence-corrected chi connectivity index (χ4v) is 3.76. The molecule has 1 fully saturated rings. The summed E-state index contributed by atoms with van der Waals surface area (Å²) in [4.78, 5) is 13.1. The monoisotopic (exact) mass is 368 g/mol. The van der Waals surface area contributed by atoms with Gasteiger partial charge in [-0.1, -0.05) is 38.2 Å². The molecule has 1 aliphatic carbocycles. The first-order valence-electron chi connectivity index (χ1n) is 10.2.